The quantitative estimate of drug-likeness (QED) is 0.345. The van der Waals surface area contributed by atoms with E-state index in [1.807, 2.05) is 0 Å². The maximum absolute atomic E-state index is 4.39. The highest BCUT2D eigenvalue weighted by molar-refractivity contribution is 5.97. The van der Waals surface area contributed by atoms with Crippen molar-refractivity contribution in [2.24, 2.45) is 0 Å². The summed E-state index contributed by atoms with van der Waals surface area (Å²) in [6.45, 7) is 0. The average Bonchev–Trinajstić information content (AvgIpc) is 2.17. The zero-order chi connectivity index (χ0) is 6.24. The molecule has 0 unspecified atom stereocenters. The first-order valence-corrected chi connectivity index (χ1v) is 3.78. The lowest BCUT2D eigenvalue weighted by Gasteiger charge is -1.69. The van der Waals surface area contributed by atoms with Crippen molar-refractivity contribution in [3.63, 3.8) is 0 Å². The van der Waals surface area contributed by atoms with Crippen molar-refractivity contribution in [1.29, 1.82) is 0 Å². The van der Waals surface area contributed by atoms with E-state index in [1.54, 1.807) is 7.11 Å². The number of hydrogen-bond acceptors (Lipinski definition) is 1. The van der Waals surface area contributed by atoms with Crippen LogP contribution in [0.4, 0.5) is 0 Å². The van der Waals surface area contributed by atoms with Crippen LogP contribution in [0.25, 0.3) is 0 Å². The second-order valence-corrected chi connectivity index (χ2v) is 2.63. The van der Waals surface area contributed by atoms with Gasteiger partial charge in [0.1, 0.15) is 10.5 Å². The van der Waals surface area contributed by atoms with Crippen LogP contribution in [0.2, 0.25) is 0 Å². The molecule has 0 amide bonds. The first-order valence-electron chi connectivity index (χ1n) is 2.97. The van der Waals surface area contributed by atoms with E-state index in [9.17, 15) is 0 Å². The summed E-state index contributed by atoms with van der Waals surface area (Å²) in [5.74, 6) is 0. The Kier molecular flexibility index (Phi) is 6.85. The molecule has 1 aliphatic carbocycles. The maximum Gasteiger partial charge on any atom is 0.145 e. The van der Waals surface area contributed by atoms with E-state index in [4.69, 9.17) is 0 Å². The minimum atomic E-state index is 0.869. The molecule has 1 rings (SSSR count). The van der Waals surface area contributed by atoms with Crippen LogP contribution in [0, 0.1) is 0 Å². The molecular formula is C6H14OSi. The van der Waals surface area contributed by atoms with Gasteiger partial charge in [0, 0.05) is 7.11 Å². The molecular weight excluding hydrogens is 116 g/mol. The van der Waals surface area contributed by atoms with E-state index >= 15 is 0 Å². The Morgan fingerprint density at radius 1 is 1.38 bits per heavy atom. The summed E-state index contributed by atoms with van der Waals surface area (Å²) in [6.07, 6.45) is 8.50. The molecule has 0 saturated heterocycles. The van der Waals surface area contributed by atoms with Crippen molar-refractivity contribution >= 4 is 10.5 Å². The van der Waals surface area contributed by atoms with Crippen LogP contribution in [-0.4, -0.2) is 17.6 Å². The van der Waals surface area contributed by atoms with Crippen LogP contribution in [0.3, 0.4) is 0 Å². The molecule has 2 heteroatoms. The highest BCUT2D eigenvalue weighted by Gasteiger charge is 1.84. The lowest BCUT2D eigenvalue weighted by atomic mass is 10.4. The van der Waals surface area contributed by atoms with Gasteiger partial charge in [-0.2, -0.15) is 0 Å². The smallest absolute Gasteiger partial charge is 0.145 e. The Balaban J connectivity index is 0.000000145. The summed E-state index contributed by atoms with van der Waals surface area (Å²) in [5.41, 5.74) is 0. The largest absolute Gasteiger partial charge is 0.431 e. The van der Waals surface area contributed by atoms with Crippen molar-refractivity contribution < 1.29 is 4.43 Å². The molecule has 0 aromatic heterocycles. The Morgan fingerprint density at radius 2 is 1.75 bits per heavy atom. The van der Waals surface area contributed by atoms with E-state index in [2.05, 4.69) is 16.6 Å². The van der Waals surface area contributed by atoms with Gasteiger partial charge in [0.25, 0.3) is 0 Å². The summed E-state index contributed by atoms with van der Waals surface area (Å²) in [4.78, 5) is 0. The zero-order valence-corrected chi connectivity index (χ0v) is 7.68. The van der Waals surface area contributed by atoms with Crippen molar-refractivity contribution in [2.75, 3.05) is 7.11 Å². The second-order valence-electron chi connectivity index (χ2n) is 1.81. The van der Waals surface area contributed by atoms with Gasteiger partial charge in [0.2, 0.25) is 0 Å². The van der Waals surface area contributed by atoms with Gasteiger partial charge in [0.15, 0.2) is 0 Å². The minimum Gasteiger partial charge on any atom is -0.431 e. The van der Waals surface area contributed by atoms with E-state index in [-0.39, 0.29) is 0 Å². The van der Waals surface area contributed by atoms with E-state index in [0.29, 0.717) is 0 Å². The van der Waals surface area contributed by atoms with Crippen molar-refractivity contribution in [3.05, 3.63) is 12.2 Å². The summed E-state index contributed by atoms with van der Waals surface area (Å²) >= 11 is 0. The van der Waals surface area contributed by atoms with Crippen LogP contribution in [0.1, 0.15) is 19.3 Å². The van der Waals surface area contributed by atoms with Crippen LogP contribution in [0.15, 0.2) is 12.2 Å². The van der Waals surface area contributed by atoms with Gasteiger partial charge < -0.3 is 4.43 Å². The van der Waals surface area contributed by atoms with E-state index < -0.39 is 0 Å². The standard InChI is InChI=1S/C5H8.CH6OSi/c1-2-4-5-3-1;1-2-3/h1-2H,3-5H2;1,3H3. The first-order chi connectivity index (χ1) is 3.91. The fourth-order valence-corrected chi connectivity index (χ4v) is 0.589. The molecule has 1 aliphatic rings. The lowest BCUT2D eigenvalue weighted by Crippen LogP contribution is -1.60. The fraction of sp³-hybridized carbons (Fsp3) is 0.667. The Hall–Kier alpha value is -0.0831. The Labute approximate surface area is 54.3 Å². The second kappa shape index (κ2) is 6.92. The fourth-order valence-electron chi connectivity index (χ4n) is 0.589. The van der Waals surface area contributed by atoms with Gasteiger partial charge in [-0.15, -0.1) is 0 Å². The van der Waals surface area contributed by atoms with Crippen molar-refractivity contribution in [3.8, 4) is 0 Å². The molecule has 0 heterocycles. The molecule has 48 valence electrons. The van der Waals surface area contributed by atoms with Crippen LogP contribution < -0.4 is 0 Å². The monoisotopic (exact) mass is 130 g/mol. The molecule has 0 bridgehead atoms. The lowest BCUT2D eigenvalue weighted by molar-refractivity contribution is 0.460. The number of hydrogen-bond donors (Lipinski definition) is 0. The van der Waals surface area contributed by atoms with Gasteiger partial charge >= 0.3 is 0 Å². The first kappa shape index (κ1) is 7.92. The van der Waals surface area contributed by atoms with Crippen molar-refractivity contribution in [2.45, 2.75) is 19.3 Å². The minimum absolute atomic E-state index is 0.869. The Bertz CT molecular complexity index is 55.5. The van der Waals surface area contributed by atoms with E-state index in [1.165, 1.54) is 19.3 Å². The van der Waals surface area contributed by atoms with Gasteiger partial charge in [-0.1, -0.05) is 12.2 Å². The third kappa shape index (κ3) is 5.92. The molecule has 8 heavy (non-hydrogen) atoms. The van der Waals surface area contributed by atoms with Crippen LogP contribution in [0.5, 0.6) is 0 Å². The third-order valence-corrected chi connectivity index (χ3v) is 0.908. The topological polar surface area (TPSA) is 9.23 Å². The summed E-state index contributed by atoms with van der Waals surface area (Å²) < 4.78 is 4.39. The number of allylic oxidation sites excluding steroid dienone is 2. The highest BCUT2D eigenvalue weighted by Crippen LogP contribution is 2.05. The molecule has 0 aliphatic heterocycles. The van der Waals surface area contributed by atoms with E-state index in [0.717, 1.165) is 10.5 Å². The summed E-state index contributed by atoms with van der Waals surface area (Å²) in [7, 11) is 2.56. The van der Waals surface area contributed by atoms with Gasteiger partial charge in [-0.05, 0) is 19.3 Å². The zero-order valence-electron chi connectivity index (χ0n) is 5.68. The highest BCUT2D eigenvalue weighted by atomic mass is 28.2. The number of rotatable bonds is 0. The van der Waals surface area contributed by atoms with Crippen molar-refractivity contribution in [1.82, 2.24) is 0 Å². The molecule has 0 saturated carbocycles. The molecule has 0 aromatic carbocycles. The average molecular weight is 130 g/mol. The van der Waals surface area contributed by atoms with Gasteiger partial charge in [-0.3, -0.25) is 0 Å². The SMILES string of the molecule is C1=CCCC1.CO[SiH3]. The molecule has 0 N–H and O–H groups in total. The Morgan fingerprint density at radius 3 is 1.88 bits per heavy atom. The molecule has 0 radical (unpaired) electrons. The predicted molar refractivity (Wildman–Crippen MR) is 39.9 cm³/mol. The molecule has 0 spiro atoms. The molecule has 0 aromatic rings. The predicted octanol–water partition coefficient (Wildman–Crippen LogP) is 0.640. The summed E-state index contributed by atoms with van der Waals surface area (Å²) in [5, 5.41) is 0. The third-order valence-electron chi connectivity index (χ3n) is 0.908. The molecule has 0 fully saturated rings. The summed E-state index contributed by atoms with van der Waals surface area (Å²) in [6, 6.07) is 0. The van der Waals surface area contributed by atoms with Gasteiger partial charge in [0.05, 0.1) is 0 Å². The van der Waals surface area contributed by atoms with Crippen LogP contribution >= 0.6 is 0 Å². The van der Waals surface area contributed by atoms with Crippen LogP contribution in [-0.2, 0) is 4.43 Å². The van der Waals surface area contributed by atoms with Gasteiger partial charge in [-0.25, -0.2) is 0 Å². The normalized spacial score (nSPS) is 15.6. The molecule has 1 nitrogen and oxygen atoms in total. The maximum atomic E-state index is 4.39. The molecule has 0 atom stereocenters.